The number of aromatic carboxylic acids is 1. The first-order valence-electron chi connectivity index (χ1n) is 4.76. The van der Waals surface area contributed by atoms with Gasteiger partial charge >= 0.3 is 5.97 Å². The number of carbonyl (C=O) groups is 1. The van der Waals surface area contributed by atoms with Gasteiger partial charge in [-0.2, -0.15) is 25.3 Å². The van der Waals surface area contributed by atoms with Crippen LogP contribution in [0.4, 0.5) is 0 Å². The minimum atomic E-state index is -0.868. The molecule has 0 spiro atoms. The van der Waals surface area contributed by atoms with E-state index < -0.39 is 5.97 Å². The largest absolute Gasteiger partial charge is 0.478 e. The Labute approximate surface area is 101 Å². The number of benzene rings is 1. The van der Waals surface area contributed by atoms with Gasteiger partial charge in [0.05, 0.1) is 5.56 Å². The molecule has 0 amide bonds. The van der Waals surface area contributed by atoms with Crippen molar-refractivity contribution in [3.8, 4) is 0 Å². The Kier molecular flexibility index (Phi) is 5.05. The van der Waals surface area contributed by atoms with Crippen LogP contribution in [0.1, 0.15) is 21.5 Å². The molecule has 0 aliphatic heterocycles. The van der Waals surface area contributed by atoms with Crippen molar-refractivity contribution in [2.24, 2.45) is 0 Å². The van der Waals surface area contributed by atoms with E-state index in [2.05, 4.69) is 25.3 Å². The average Bonchev–Trinajstić information content (AvgIpc) is 2.21. The zero-order valence-corrected chi connectivity index (χ0v) is 10.1. The van der Waals surface area contributed by atoms with Crippen LogP contribution in [0, 0.1) is 0 Å². The fraction of sp³-hybridized carbons (Fsp3) is 0.364. The second-order valence-corrected chi connectivity index (χ2v) is 4.09. The van der Waals surface area contributed by atoms with Crippen LogP contribution in [0.3, 0.4) is 0 Å². The first-order valence-corrected chi connectivity index (χ1v) is 6.03. The van der Waals surface area contributed by atoms with Gasteiger partial charge in [-0.1, -0.05) is 12.1 Å². The molecule has 4 heteroatoms. The molecule has 1 N–H and O–H groups in total. The van der Waals surface area contributed by atoms with E-state index in [0.717, 1.165) is 23.3 Å². The molecule has 0 saturated carbocycles. The van der Waals surface area contributed by atoms with Crippen LogP contribution in [0.2, 0.25) is 0 Å². The lowest BCUT2D eigenvalue weighted by Gasteiger charge is -2.10. The third-order valence-corrected chi connectivity index (χ3v) is 2.69. The van der Waals surface area contributed by atoms with Crippen LogP contribution in [0.15, 0.2) is 18.2 Å². The predicted molar refractivity (Wildman–Crippen MR) is 68.5 cm³/mol. The monoisotopic (exact) mass is 242 g/mol. The van der Waals surface area contributed by atoms with Crippen LogP contribution in [-0.4, -0.2) is 22.6 Å². The molecule has 0 radical (unpaired) electrons. The summed E-state index contributed by atoms with van der Waals surface area (Å²) in [6.07, 6.45) is 1.49. The first-order chi connectivity index (χ1) is 7.20. The van der Waals surface area contributed by atoms with E-state index in [-0.39, 0.29) is 0 Å². The molecule has 0 saturated heterocycles. The Morgan fingerprint density at radius 1 is 1.20 bits per heavy atom. The van der Waals surface area contributed by atoms with Crippen LogP contribution in [0.5, 0.6) is 0 Å². The van der Waals surface area contributed by atoms with E-state index in [4.69, 9.17) is 5.11 Å². The van der Waals surface area contributed by atoms with E-state index in [1.807, 2.05) is 6.07 Å². The van der Waals surface area contributed by atoms with Crippen LogP contribution in [-0.2, 0) is 12.8 Å². The summed E-state index contributed by atoms with van der Waals surface area (Å²) in [7, 11) is 0. The third kappa shape index (κ3) is 3.18. The first kappa shape index (κ1) is 12.5. The highest BCUT2D eigenvalue weighted by molar-refractivity contribution is 7.80. The summed E-state index contributed by atoms with van der Waals surface area (Å²) >= 11 is 8.32. The van der Waals surface area contributed by atoms with Crippen molar-refractivity contribution in [2.75, 3.05) is 11.5 Å². The fourth-order valence-electron chi connectivity index (χ4n) is 1.60. The molecule has 0 bridgehead atoms. The quantitative estimate of drug-likeness (QED) is 0.693. The number of carboxylic acids is 1. The molecule has 0 aliphatic rings. The zero-order chi connectivity index (χ0) is 11.3. The second kappa shape index (κ2) is 6.08. The molecular formula is C11H14O2S2. The Morgan fingerprint density at radius 3 is 2.40 bits per heavy atom. The highest BCUT2D eigenvalue weighted by atomic mass is 32.1. The maximum absolute atomic E-state index is 11.0. The number of carboxylic acid groups (broad SMARTS) is 1. The lowest BCUT2D eigenvalue weighted by molar-refractivity contribution is 0.0695. The van der Waals surface area contributed by atoms with Crippen LogP contribution in [0.25, 0.3) is 0 Å². The Morgan fingerprint density at radius 2 is 1.87 bits per heavy atom. The van der Waals surface area contributed by atoms with Crippen LogP contribution < -0.4 is 0 Å². The van der Waals surface area contributed by atoms with Crippen molar-refractivity contribution in [3.05, 3.63) is 34.9 Å². The maximum atomic E-state index is 11.0. The van der Waals surface area contributed by atoms with E-state index in [1.165, 1.54) is 0 Å². The minimum absolute atomic E-state index is 0.392. The number of thiol groups is 2. The van der Waals surface area contributed by atoms with Gasteiger partial charge in [0.1, 0.15) is 0 Å². The van der Waals surface area contributed by atoms with Crippen molar-refractivity contribution < 1.29 is 9.90 Å². The third-order valence-electron chi connectivity index (χ3n) is 2.25. The molecule has 0 unspecified atom stereocenters. The Balaban J connectivity index is 3.15. The standard InChI is InChI=1S/C11H14O2S2/c12-11(13)10-3-1-2-8(4-6-14)9(10)5-7-15/h1-3,14-15H,4-7H2,(H,12,13). The summed E-state index contributed by atoms with van der Waals surface area (Å²) in [6.45, 7) is 0. The van der Waals surface area contributed by atoms with Crippen molar-refractivity contribution in [2.45, 2.75) is 12.8 Å². The summed E-state index contributed by atoms with van der Waals surface area (Å²) in [5, 5.41) is 9.04. The van der Waals surface area contributed by atoms with Gasteiger partial charge in [0.15, 0.2) is 0 Å². The lowest BCUT2D eigenvalue weighted by Crippen LogP contribution is -2.07. The fourth-order valence-corrected chi connectivity index (χ4v) is 2.06. The summed E-state index contributed by atoms with van der Waals surface area (Å²) < 4.78 is 0. The van der Waals surface area contributed by atoms with Crippen LogP contribution >= 0.6 is 25.3 Å². The zero-order valence-electron chi connectivity index (χ0n) is 8.31. The van der Waals surface area contributed by atoms with E-state index >= 15 is 0 Å². The number of aryl methyl sites for hydroxylation is 1. The molecule has 0 aromatic heterocycles. The molecule has 15 heavy (non-hydrogen) atoms. The van der Waals surface area contributed by atoms with Crippen molar-refractivity contribution in [3.63, 3.8) is 0 Å². The van der Waals surface area contributed by atoms with E-state index in [1.54, 1.807) is 12.1 Å². The van der Waals surface area contributed by atoms with Crippen molar-refractivity contribution in [1.82, 2.24) is 0 Å². The van der Waals surface area contributed by atoms with Crippen molar-refractivity contribution in [1.29, 1.82) is 0 Å². The SMILES string of the molecule is O=C(O)c1cccc(CCS)c1CCS. The molecule has 0 aliphatic carbocycles. The number of hydrogen-bond acceptors (Lipinski definition) is 3. The van der Waals surface area contributed by atoms with Gasteiger partial charge in [-0.25, -0.2) is 4.79 Å². The number of hydrogen-bond donors (Lipinski definition) is 3. The van der Waals surface area contributed by atoms with E-state index in [9.17, 15) is 4.79 Å². The summed E-state index contributed by atoms with van der Waals surface area (Å²) in [5.74, 6) is 0.514. The predicted octanol–water partition coefficient (Wildman–Crippen LogP) is 2.33. The molecular weight excluding hydrogens is 228 g/mol. The van der Waals surface area contributed by atoms with Gasteiger partial charge in [0.25, 0.3) is 0 Å². The molecule has 82 valence electrons. The summed E-state index contributed by atoms with van der Waals surface area (Å²) in [5.41, 5.74) is 2.36. The summed E-state index contributed by atoms with van der Waals surface area (Å²) in [4.78, 5) is 11.0. The van der Waals surface area contributed by atoms with Gasteiger partial charge in [0, 0.05) is 0 Å². The van der Waals surface area contributed by atoms with Gasteiger partial charge in [-0.3, -0.25) is 0 Å². The van der Waals surface area contributed by atoms with Crippen molar-refractivity contribution >= 4 is 31.2 Å². The minimum Gasteiger partial charge on any atom is -0.478 e. The summed E-state index contributed by atoms with van der Waals surface area (Å²) in [6, 6.07) is 5.38. The highest BCUT2D eigenvalue weighted by Gasteiger charge is 2.12. The maximum Gasteiger partial charge on any atom is 0.335 e. The molecule has 2 nitrogen and oxygen atoms in total. The van der Waals surface area contributed by atoms with Gasteiger partial charge in [-0.05, 0) is 41.5 Å². The normalized spacial score (nSPS) is 10.3. The molecule has 0 atom stereocenters. The van der Waals surface area contributed by atoms with Gasteiger partial charge in [-0.15, -0.1) is 0 Å². The molecule has 1 aromatic carbocycles. The Bertz CT molecular complexity index is 350. The van der Waals surface area contributed by atoms with E-state index in [0.29, 0.717) is 17.7 Å². The Hall–Kier alpha value is -0.610. The number of rotatable bonds is 5. The smallest absolute Gasteiger partial charge is 0.335 e. The molecule has 1 rings (SSSR count). The molecule has 0 heterocycles. The highest BCUT2D eigenvalue weighted by Crippen LogP contribution is 2.17. The lowest BCUT2D eigenvalue weighted by atomic mass is 9.97. The molecule has 0 fully saturated rings. The molecule has 1 aromatic rings. The van der Waals surface area contributed by atoms with Gasteiger partial charge < -0.3 is 5.11 Å². The average molecular weight is 242 g/mol. The van der Waals surface area contributed by atoms with Gasteiger partial charge in [0.2, 0.25) is 0 Å². The second-order valence-electron chi connectivity index (χ2n) is 3.20. The topological polar surface area (TPSA) is 37.3 Å².